The molecule has 2 atom stereocenters. The normalized spacial score (nSPS) is 12.8. The number of aryl methyl sites for hydroxylation is 1. The van der Waals surface area contributed by atoms with Gasteiger partial charge < -0.3 is 20.5 Å². The average molecular weight is 483 g/mol. The molecule has 35 heavy (non-hydrogen) atoms. The highest BCUT2D eigenvalue weighted by Gasteiger charge is 2.25. The Balaban J connectivity index is 1.88. The number of rotatable bonds is 10. The SMILES string of the molecule is COc1cc(C(=O)N[C@@H](CC(=O)N[C@@H](CO)C(C)C)c2ccccc2C)nn1-c1ccccc1F. The van der Waals surface area contributed by atoms with Crippen LogP contribution in [0.25, 0.3) is 5.69 Å². The first-order valence-electron chi connectivity index (χ1n) is 11.4. The van der Waals surface area contributed by atoms with Crippen molar-refractivity contribution in [3.05, 3.63) is 77.2 Å². The molecule has 0 aliphatic rings. The van der Waals surface area contributed by atoms with Gasteiger partial charge in [-0.15, -0.1) is 0 Å². The zero-order valence-corrected chi connectivity index (χ0v) is 20.3. The summed E-state index contributed by atoms with van der Waals surface area (Å²) in [5, 5.41) is 19.5. The van der Waals surface area contributed by atoms with E-state index in [1.165, 1.54) is 30.0 Å². The van der Waals surface area contributed by atoms with Crippen molar-refractivity contribution < 1.29 is 23.8 Å². The Hall–Kier alpha value is -3.72. The highest BCUT2D eigenvalue weighted by atomic mass is 19.1. The Bertz CT molecular complexity index is 1180. The fraction of sp³-hybridized carbons (Fsp3) is 0.346. The molecule has 3 aromatic rings. The lowest BCUT2D eigenvalue weighted by molar-refractivity contribution is -0.122. The summed E-state index contributed by atoms with van der Waals surface area (Å²) >= 11 is 0. The minimum atomic E-state index is -0.653. The van der Waals surface area contributed by atoms with Crippen LogP contribution >= 0.6 is 0 Å². The van der Waals surface area contributed by atoms with Gasteiger partial charge in [0, 0.05) is 6.07 Å². The van der Waals surface area contributed by atoms with E-state index < -0.39 is 23.8 Å². The number of carbonyl (C=O) groups is 2. The maximum Gasteiger partial charge on any atom is 0.272 e. The standard InChI is InChI=1S/C26H31FN4O4/c1-16(2)22(15-32)28-24(33)13-20(18-10-6-5-9-17(18)3)29-26(34)21-14-25(35-4)31(30-21)23-12-8-7-11-19(23)27/h5-12,14,16,20,22,32H,13,15H2,1-4H3,(H,28,33)(H,29,34)/t20-,22-/m0/s1. The molecule has 0 aliphatic heterocycles. The number of hydrogen-bond acceptors (Lipinski definition) is 5. The Labute approximate surface area is 204 Å². The molecule has 0 aliphatic carbocycles. The number of nitrogens with zero attached hydrogens (tertiary/aromatic N) is 2. The number of halogens is 1. The number of para-hydroxylation sites is 1. The minimum Gasteiger partial charge on any atom is -0.481 e. The van der Waals surface area contributed by atoms with Crippen LogP contribution in [0, 0.1) is 18.7 Å². The molecule has 0 unspecified atom stereocenters. The Morgan fingerprint density at radius 1 is 1.11 bits per heavy atom. The minimum absolute atomic E-state index is 0.0134. The van der Waals surface area contributed by atoms with Crippen LogP contribution in [0.5, 0.6) is 5.88 Å². The number of methoxy groups -OCH3 is 1. The summed E-state index contributed by atoms with van der Waals surface area (Å²) in [6, 6.07) is 13.8. The molecule has 0 spiro atoms. The molecule has 9 heteroatoms. The molecule has 0 saturated carbocycles. The highest BCUT2D eigenvalue weighted by molar-refractivity contribution is 5.93. The lowest BCUT2D eigenvalue weighted by atomic mass is 9.97. The molecular formula is C26H31FN4O4. The summed E-state index contributed by atoms with van der Waals surface area (Å²) in [7, 11) is 1.41. The topological polar surface area (TPSA) is 105 Å². The van der Waals surface area contributed by atoms with Gasteiger partial charge in [0.1, 0.15) is 11.5 Å². The number of aliphatic hydroxyl groups excluding tert-OH is 1. The monoisotopic (exact) mass is 482 g/mol. The maximum absolute atomic E-state index is 14.3. The van der Waals surface area contributed by atoms with Crippen LogP contribution in [0.2, 0.25) is 0 Å². The molecule has 1 heterocycles. The van der Waals surface area contributed by atoms with Gasteiger partial charge in [-0.3, -0.25) is 9.59 Å². The van der Waals surface area contributed by atoms with E-state index in [1.54, 1.807) is 12.1 Å². The zero-order chi connectivity index (χ0) is 25.5. The lowest BCUT2D eigenvalue weighted by Crippen LogP contribution is -2.43. The molecule has 3 rings (SSSR count). The predicted molar refractivity (Wildman–Crippen MR) is 130 cm³/mol. The van der Waals surface area contributed by atoms with Gasteiger partial charge in [-0.2, -0.15) is 9.78 Å². The first-order chi connectivity index (χ1) is 16.7. The van der Waals surface area contributed by atoms with Gasteiger partial charge in [-0.25, -0.2) is 4.39 Å². The van der Waals surface area contributed by atoms with Crippen LogP contribution in [0.1, 0.15) is 47.9 Å². The second-order valence-electron chi connectivity index (χ2n) is 8.62. The molecule has 2 aromatic carbocycles. The molecule has 3 N–H and O–H groups in total. The van der Waals surface area contributed by atoms with Crippen molar-refractivity contribution in [2.45, 2.75) is 39.3 Å². The van der Waals surface area contributed by atoms with Gasteiger partial charge in [0.2, 0.25) is 11.8 Å². The summed E-state index contributed by atoms with van der Waals surface area (Å²) in [5.41, 5.74) is 1.84. The summed E-state index contributed by atoms with van der Waals surface area (Å²) in [5.74, 6) is -1.12. The van der Waals surface area contributed by atoms with Gasteiger partial charge in [0.15, 0.2) is 5.69 Å². The predicted octanol–water partition coefficient (Wildman–Crippen LogP) is 3.32. The zero-order valence-electron chi connectivity index (χ0n) is 20.3. The fourth-order valence-electron chi connectivity index (χ4n) is 3.74. The van der Waals surface area contributed by atoms with Gasteiger partial charge in [-0.1, -0.05) is 50.2 Å². The molecule has 1 aromatic heterocycles. The van der Waals surface area contributed by atoms with Crippen molar-refractivity contribution in [3.8, 4) is 11.6 Å². The van der Waals surface area contributed by atoms with Crippen LogP contribution in [-0.2, 0) is 4.79 Å². The van der Waals surface area contributed by atoms with E-state index in [0.29, 0.717) is 0 Å². The largest absolute Gasteiger partial charge is 0.481 e. The Morgan fingerprint density at radius 2 is 1.80 bits per heavy atom. The summed E-state index contributed by atoms with van der Waals surface area (Å²) in [4.78, 5) is 26.0. The Morgan fingerprint density at radius 3 is 2.43 bits per heavy atom. The van der Waals surface area contributed by atoms with Gasteiger partial charge in [-0.05, 0) is 36.1 Å². The third-order valence-corrected chi connectivity index (χ3v) is 5.81. The molecule has 8 nitrogen and oxygen atoms in total. The fourth-order valence-corrected chi connectivity index (χ4v) is 3.74. The van der Waals surface area contributed by atoms with Crippen molar-refractivity contribution in [2.24, 2.45) is 5.92 Å². The first-order valence-corrected chi connectivity index (χ1v) is 11.4. The molecule has 186 valence electrons. The van der Waals surface area contributed by atoms with Gasteiger partial charge in [0.05, 0.1) is 32.2 Å². The van der Waals surface area contributed by atoms with E-state index in [0.717, 1.165) is 11.1 Å². The molecular weight excluding hydrogens is 451 g/mol. The second kappa shape index (κ2) is 11.6. The van der Waals surface area contributed by atoms with Crippen LogP contribution < -0.4 is 15.4 Å². The van der Waals surface area contributed by atoms with Gasteiger partial charge >= 0.3 is 0 Å². The van der Waals surface area contributed by atoms with Crippen LogP contribution in [0.4, 0.5) is 4.39 Å². The van der Waals surface area contributed by atoms with Crippen molar-refractivity contribution >= 4 is 11.8 Å². The van der Waals surface area contributed by atoms with Crippen molar-refractivity contribution in [1.29, 1.82) is 0 Å². The van der Waals surface area contributed by atoms with E-state index in [4.69, 9.17) is 4.74 Å². The van der Waals surface area contributed by atoms with Crippen LogP contribution in [0.15, 0.2) is 54.6 Å². The number of aromatic nitrogens is 2. The van der Waals surface area contributed by atoms with E-state index >= 15 is 0 Å². The number of aliphatic hydroxyl groups is 1. The molecule has 0 saturated heterocycles. The number of amides is 2. The quantitative estimate of drug-likeness (QED) is 0.411. The summed E-state index contributed by atoms with van der Waals surface area (Å²) in [6.45, 7) is 5.52. The molecule has 2 amide bonds. The van der Waals surface area contributed by atoms with E-state index in [9.17, 15) is 19.1 Å². The summed E-state index contributed by atoms with van der Waals surface area (Å²) in [6.07, 6.45) is -0.0367. The third-order valence-electron chi connectivity index (χ3n) is 5.81. The molecule has 0 radical (unpaired) electrons. The molecule has 0 bridgehead atoms. The van der Waals surface area contributed by atoms with Crippen LogP contribution in [0.3, 0.4) is 0 Å². The average Bonchev–Trinajstić information content (AvgIpc) is 3.27. The van der Waals surface area contributed by atoms with Gasteiger partial charge in [0.25, 0.3) is 5.91 Å². The number of hydrogen-bond donors (Lipinski definition) is 3. The number of benzene rings is 2. The second-order valence-corrected chi connectivity index (χ2v) is 8.62. The smallest absolute Gasteiger partial charge is 0.272 e. The maximum atomic E-state index is 14.3. The van der Waals surface area contributed by atoms with E-state index in [2.05, 4.69) is 15.7 Å². The van der Waals surface area contributed by atoms with Crippen LogP contribution in [-0.4, -0.2) is 46.5 Å². The summed E-state index contributed by atoms with van der Waals surface area (Å²) < 4.78 is 20.9. The van der Waals surface area contributed by atoms with E-state index in [1.807, 2.05) is 45.0 Å². The molecule has 0 fully saturated rings. The number of carbonyl (C=O) groups excluding carboxylic acids is 2. The van der Waals surface area contributed by atoms with E-state index in [-0.39, 0.29) is 42.1 Å². The number of ether oxygens (including phenoxy) is 1. The van der Waals surface area contributed by atoms with Crippen molar-refractivity contribution in [1.82, 2.24) is 20.4 Å². The highest BCUT2D eigenvalue weighted by Crippen LogP contribution is 2.24. The van der Waals surface area contributed by atoms with Crippen molar-refractivity contribution in [2.75, 3.05) is 13.7 Å². The number of nitrogens with one attached hydrogen (secondary N) is 2. The first kappa shape index (κ1) is 25.9. The lowest BCUT2D eigenvalue weighted by Gasteiger charge is -2.24. The van der Waals surface area contributed by atoms with Crippen molar-refractivity contribution in [3.63, 3.8) is 0 Å². The Kier molecular flexibility index (Phi) is 8.59. The third kappa shape index (κ3) is 6.24.